The SMILES string of the molecule is CCc1cccc(CC)c1N/C=C(/C#N)C(=O)Nc1cc(Cl)ccc1Cl. The molecule has 0 saturated carbocycles. The lowest BCUT2D eigenvalue weighted by molar-refractivity contribution is -0.112. The number of para-hydroxylation sites is 1. The van der Waals surface area contributed by atoms with Gasteiger partial charge in [-0.2, -0.15) is 5.26 Å². The van der Waals surface area contributed by atoms with Crippen molar-refractivity contribution in [3.8, 4) is 6.07 Å². The number of carbonyl (C=O) groups excluding carboxylic acids is 1. The Morgan fingerprint density at radius 3 is 2.38 bits per heavy atom. The fourth-order valence-corrected chi connectivity index (χ4v) is 2.84. The zero-order valence-corrected chi connectivity index (χ0v) is 16.1. The van der Waals surface area contributed by atoms with E-state index in [1.54, 1.807) is 12.1 Å². The van der Waals surface area contributed by atoms with Gasteiger partial charge < -0.3 is 10.6 Å². The summed E-state index contributed by atoms with van der Waals surface area (Å²) >= 11 is 12.0. The van der Waals surface area contributed by atoms with Crippen LogP contribution < -0.4 is 10.6 Å². The molecule has 6 heteroatoms. The molecule has 2 N–H and O–H groups in total. The first-order valence-electron chi connectivity index (χ1n) is 8.24. The predicted molar refractivity (Wildman–Crippen MR) is 108 cm³/mol. The number of amides is 1. The van der Waals surface area contributed by atoms with Gasteiger partial charge >= 0.3 is 0 Å². The van der Waals surface area contributed by atoms with Crippen molar-refractivity contribution in [3.63, 3.8) is 0 Å². The first-order valence-corrected chi connectivity index (χ1v) is 8.99. The Bertz CT molecular complexity index is 863. The van der Waals surface area contributed by atoms with Crippen LogP contribution in [-0.4, -0.2) is 5.91 Å². The van der Waals surface area contributed by atoms with E-state index in [4.69, 9.17) is 23.2 Å². The molecule has 4 nitrogen and oxygen atoms in total. The summed E-state index contributed by atoms with van der Waals surface area (Å²) in [7, 11) is 0. The Hall–Kier alpha value is -2.48. The van der Waals surface area contributed by atoms with Crippen molar-refractivity contribution in [1.29, 1.82) is 5.26 Å². The van der Waals surface area contributed by atoms with Crippen LogP contribution in [-0.2, 0) is 17.6 Å². The normalized spacial score (nSPS) is 11.0. The van der Waals surface area contributed by atoms with Crippen LogP contribution in [0.2, 0.25) is 10.0 Å². The minimum absolute atomic E-state index is 0.0611. The first-order chi connectivity index (χ1) is 12.5. The van der Waals surface area contributed by atoms with E-state index in [-0.39, 0.29) is 5.57 Å². The van der Waals surface area contributed by atoms with Gasteiger partial charge in [-0.3, -0.25) is 4.79 Å². The minimum atomic E-state index is -0.559. The lowest BCUT2D eigenvalue weighted by Crippen LogP contribution is -2.15. The lowest BCUT2D eigenvalue weighted by atomic mass is 10.0. The van der Waals surface area contributed by atoms with Crippen LogP contribution in [0.1, 0.15) is 25.0 Å². The van der Waals surface area contributed by atoms with Crippen LogP contribution in [0, 0.1) is 11.3 Å². The Kier molecular flexibility index (Phi) is 7.08. The van der Waals surface area contributed by atoms with Crippen molar-refractivity contribution >= 4 is 40.5 Å². The largest absolute Gasteiger partial charge is 0.360 e. The molecule has 0 aliphatic carbocycles. The number of halogens is 2. The molecule has 0 aliphatic rings. The van der Waals surface area contributed by atoms with Gasteiger partial charge in [-0.05, 0) is 42.2 Å². The highest BCUT2D eigenvalue weighted by molar-refractivity contribution is 6.36. The third-order valence-corrected chi connectivity index (χ3v) is 4.47. The number of aryl methyl sites for hydroxylation is 2. The number of nitriles is 1. The highest BCUT2D eigenvalue weighted by Crippen LogP contribution is 2.26. The number of rotatable bonds is 6. The van der Waals surface area contributed by atoms with Crippen LogP contribution in [0.25, 0.3) is 0 Å². The lowest BCUT2D eigenvalue weighted by Gasteiger charge is -2.13. The summed E-state index contributed by atoms with van der Waals surface area (Å²) in [5.74, 6) is -0.559. The average Bonchev–Trinajstić information content (AvgIpc) is 2.65. The minimum Gasteiger partial charge on any atom is -0.360 e. The summed E-state index contributed by atoms with van der Waals surface area (Å²) < 4.78 is 0. The van der Waals surface area contributed by atoms with Crippen LogP contribution in [0.5, 0.6) is 0 Å². The first kappa shape index (κ1) is 19.8. The maximum Gasteiger partial charge on any atom is 0.267 e. The Morgan fingerprint density at radius 1 is 1.15 bits per heavy atom. The number of nitrogens with one attached hydrogen (secondary N) is 2. The molecule has 2 aromatic carbocycles. The van der Waals surface area contributed by atoms with Gasteiger partial charge in [-0.25, -0.2) is 0 Å². The highest BCUT2D eigenvalue weighted by Gasteiger charge is 2.13. The predicted octanol–water partition coefficient (Wildman–Crippen LogP) is 5.58. The molecule has 0 saturated heterocycles. The maximum absolute atomic E-state index is 12.4. The summed E-state index contributed by atoms with van der Waals surface area (Å²) in [6, 6.07) is 12.7. The van der Waals surface area contributed by atoms with Gasteiger partial charge in [-0.15, -0.1) is 0 Å². The van der Waals surface area contributed by atoms with Crippen molar-refractivity contribution in [3.05, 3.63) is 69.3 Å². The molecule has 0 bridgehead atoms. The molecule has 134 valence electrons. The summed E-state index contributed by atoms with van der Waals surface area (Å²) in [4.78, 5) is 12.4. The second-order valence-electron chi connectivity index (χ2n) is 5.55. The molecule has 0 spiro atoms. The Morgan fingerprint density at radius 2 is 1.81 bits per heavy atom. The zero-order valence-electron chi connectivity index (χ0n) is 14.6. The van der Waals surface area contributed by atoms with E-state index >= 15 is 0 Å². The number of hydrogen-bond acceptors (Lipinski definition) is 3. The summed E-state index contributed by atoms with van der Waals surface area (Å²) in [5.41, 5.74) is 3.47. The monoisotopic (exact) mass is 387 g/mol. The van der Waals surface area contributed by atoms with Crippen LogP contribution in [0.15, 0.2) is 48.2 Å². The van der Waals surface area contributed by atoms with Crippen LogP contribution in [0.3, 0.4) is 0 Å². The fraction of sp³-hybridized carbons (Fsp3) is 0.200. The van der Waals surface area contributed by atoms with Crippen molar-refractivity contribution < 1.29 is 4.79 Å². The van der Waals surface area contributed by atoms with Gasteiger partial charge in [0, 0.05) is 16.9 Å². The van der Waals surface area contributed by atoms with Crippen molar-refractivity contribution in [1.82, 2.24) is 0 Å². The van der Waals surface area contributed by atoms with Gasteiger partial charge in [0.2, 0.25) is 0 Å². The molecule has 1 amide bonds. The molecule has 0 aliphatic heterocycles. The number of hydrogen-bond donors (Lipinski definition) is 2. The highest BCUT2D eigenvalue weighted by atomic mass is 35.5. The molecule has 0 unspecified atom stereocenters. The van der Waals surface area contributed by atoms with E-state index < -0.39 is 5.91 Å². The molecule has 0 radical (unpaired) electrons. The number of anilines is 2. The molecule has 2 aromatic rings. The van der Waals surface area contributed by atoms with Crippen molar-refractivity contribution in [2.75, 3.05) is 10.6 Å². The standard InChI is InChI=1S/C20H19Cl2N3O/c1-3-13-6-5-7-14(4-2)19(13)24-12-15(11-23)20(26)25-18-10-16(21)8-9-17(18)22/h5-10,12,24H,3-4H2,1-2H3,(H,25,26)/b15-12-. The van der Waals surface area contributed by atoms with Gasteiger partial charge in [-0.1, -0.05) is 55.2 Å². The zero-order chi connectivity index (χ0) is 19.1. The molecule has 0 fully saturated rings. The number of benzene rings is 2. The van der Waals surface area contributed by atoms with E-state index in [2.05, 4.69) is 24.5 Å². The topological polar surface area (TPSA) is 64.9 Å². The third-order valence-electron chi connectivity index (χ3n) is 3.90. The fourth-order valence-electron chi connectivity index (χ4n) is 2.50. The molecule has 0 atom stereocenters. The van der Waals surface area contributed by atoms with E-state index in [1.165, 1.54) is 12.3 Å². The molecule has 26 heavy (non-hydrogen) atoms. The smallest absolute Gasteiger partial charge is 0.267 e. The van der Waals surface area contributed by atoms with Crippen LogP contribution in [0.4, 0.5) is 11.4 Å². The molecular weight excluding hydrogens is 369 g/mol. The van der Waals surface area contributed by atoms with Crippen molar-refractivity contribution in [2.45, 2.75) is 26.7 Å². The van der Waals surface area contributed by atoms with Gasteiger partial charge in [0.1, 0.15) is 11.6 Å². The molecule has 2 rings (SSSR count). The van der Waals surface area contributed by atoms with Gasteiger partial charge in [0.25, 0.3) is 5.91 Å². The second-order valence-corrected chi connectivity index (χ2v) is 6.39. The van der Waals surface area contributed by atoms with Gasteiger partial charge in [0.05, 0.1) is 10.7 Å². The molecule has 0 heterocycles. The van der Waals surface area contributed by atoms with Crippen molar-refractivity contribution in [2.24, 2.45) is 0 Å². The quantitative estimate of drug-likeness (QED) is 0.502. The van der Waals surface area contributed by atoms with E-state index in [1.807, 2.05) is 24.3 Å². The van der Waals surface area contributed by atoms with Crippen LogP contribution >= 0.6 is 23.2 Å². The second kappa shape index (κ2) is 9.28. The van der Waals surface area contributed by atoms with E-state index in [9.17, 15) is 10.1 Å². The number of carbonyl (C=O) groups is 1. The Labute approximate surface area is 163 Å². The maximum atomic E-state index is 12.4. The Balaban J connectivity index is 2.25. The van der Waals surface area contributed by atoms with Gasteiger partial charge in [0.15, 0.2) is 0 Å². The number of nitrogens with zero attached hydrogens (tertiary/aromatic N) is 1. The van der Waals surface area contributed by atoms with E-state index in [0.717, 1.165) is 29.7 Å². The third kappa shape index (κ3) is 4.78. The average molecular weight is 388 g/mol. The summed E-state index contributed by atoms with van der Waals surface area (Å²) in [6.45, 7) is 4.12. The summed E-state index contributed by atoms with van der Waals surface area (Å²) in [6.07, 6.45) is 3.11. The van der Waals surface area contributed by atoms with E-state index in [0.29, 0.717) is 15.7 Å². The molecule has 0 aromatic heterocycles. The summed E-state index contributed by atoms with van der Waals surface area (Å²) in [5, 5.41) is 15.9. The molecular formula is C20H19Cl2N3O.